The van der Waals surface area contributed by atoms with Gasteiger partial charge in [-0.2, -0.15) is 0 Å². The second-order valence-electron chi connectivity index (χ2n) is 4.56. The predicted octanol–water partition coefficient (Wildman–Crippen LogP) is 1.16. The lowest BCUT2D eigenvalue weighted by Crippen LogP contribution is -2.42. The molecule has 0 bridgehead atoms. The quantitative estimate of drug-likeness (QED) is 0.714. The second-order valence-corrected chi connectivity index (χ2v) is 4.56. The summed E-state index contributed by atoms with van der Waals surface area (Å²) in [6, 6.07) is 0.284. The molecule has 0 aromatic carbocycles. The lowest BCUT2D eigenvalue weighted by atomic mass is 9.88. The summed E-state index contributed by atoms with van der Waals surface area (Å²) in [4.78, 5) is 22.1. The zero-order valence-corrected chi connectivity index (χ0v) is 8.67. The summed E-state index contributed by atoms with van der Waals surface area (Å²) in [5.74, 6) is -1.08. The average Bonchev–Trinajstić information content (AvgIpc) is 1.96. The van der Waals surface area contributed by atoms with Crippen LogP contribution in [-0.4, -0.2) is 23.0 Å². The molecule has 1 rings (SSSR count). The van der Waals surface area contributed by atoms with Crippen molar-refractivity contribution in [1.29, 1.82) is 0 Å². The third-order valence-electron chi connectivity index (χ3n) is 2.65. The normalized spacial score (nSPS) is 17.3. The van der Waals surface area contributed by atoms with E-state index in [9.17, 15) is 9.59 Å². The van der Waals surface area contributed by atoms with Gasteiger partial charge in [0.1, 0.15) is 0 Å². The monoisotopic (exact) mass is 199 g/mol. The molecule has 2 N–H and O–H groups in total. The maximum absolute atomic E-state index is 11.4. The lowest BCUT2D eigenvalue weighted by molar-refractivity contribution is -0.149. The van der Waals surface area contributed by atoms with Crippen LogP contribution in [-0.2, 0) is 9.59 Å². The molecule has 0 saturated heterocycles. The zero-order chi connectivity index (χ0) is 10.8. The van der Waals surface area contributed by atoms with Crippen LogP contribution < -0.4 is 5.32 Å². The molecule has 0 heterocycles. The molecule has 0 spiro atoms. The van der Waals surface area contributed by atoms with Crippen LogP contribution in [0.4, 0.5) is 0 Å². The molecule has 0 atom stereocenters. The number of amides is 1. The fourth-order valence-corrected chi connectivity index (χ4v) is 1.31. The van der Waals surface area contributed by atoms with Crippen LogP contribution in [0, 0.1) is 5.41 Å². The largest absolute Gasteiger partial charge is 0.481 e. The fourth-order valence-electron chi connectivity index (χ4n) is 1.31. The van der Waals surface area contributed by atoms with E-state index in [1.807, 2.05) is 0 Å². The molecule has 0 radical (unpaired) electrons. The van der Waals surface area contributed by atoms with Crippen LogP contribution in [0.15, 0.2) is 0 Å². The molecule has 1 aliphatic rings. The number of carbonyl (C=O) groups excluding carboxylic acids is 1. The summed E-state index contributed by atoms with van der Waals surface area (Å²) < 4.78 is 0. The number of carbonyl (C=O) groups is 2. The van der Waals surface area contributed by atoms with Gasteiger partial charge in [0.05, 0.1) is 5.41 Å². The summed E-state index contributed by atoms with van der Waals surface area (Å²) in [5, 5.41) is 11.6. The van der Waals surface area contributed by atoms with E-state index in [2.05, 4.69) is 5.32 Å². The second kappa shape index (κ2) is 3.98. The van der Waals surface area contributed by atoms with Gasteiger partial charge >= 0.3 is 5.97 Å². The van der Waals surface area contributed by atoms with Gasteiger partial charge in [-0.05, 0) is 33.1 Å². The van der Waals surface area contributed by atoms with E-state index in [1.54, 1.807) is 13.8 Å². The average molecular weight is 199 g/mol. The van der Waals surface area contributed by atoms with Crippen molar-refractivity contribution in [2.45, 2.75) is 45.6 Å². The van der Waals surface area contributed by atoms with Crippen molar-refractivity contribution >= 4 is 11.9 Å². The molecular weight excluding hydrogens is 182 g/mol. The highest BCUT2D eigenvalue weighted by Crippen LogP contribution is 2.22. The summed E-state index contributed by atoms with van der Waals surface area (Å²) in [6.45, 7) is 3.13. The Morgan fingerprint density at radius 1 is 1.43 bits per heavy atom. The first-order valence-electron chi connectivity index (χ1n) is 4.94. The first-order valence-corrected chi connectivity index (χ1v) is 4.94. The number of aliphatic carboxylic acids is 1. The number of carboxylic acid groups (broad SMARTS) is 1. The third-order valence-corrected chi connectivity index (χ3v) is 2.65. The lowest BCUT2D eigenvalue weighted by Gasteiger charge is -2.28. The van der Waals surface area contributed by atoms with Gasteiger partial charge in [0.15, 0.2) is 0 Å². The molecular formula is C10H17NO3. The highest BCUT2D eigenvalue weighted by Gasteiger charge is 2.31. The van der Waals surface area contributed by atoms with Crippen molar-refractivity contribution in [3.63, 3.8) is 0 Å². The molecule has 14 heavy (non-hydrogen) atoms. The van der Waals surface area contributed by atoms with E-state index in [4.69, 9.17) is 5.11 Å². The molecule has 0 unspecified atom stereocenters. The Morgan fingerprint density at radius 3 is 2.36 bits per heavy atom. The Labute approximate surface area is 83.7 Å². The van der Waals surface area contributed by atoms with Crippen LogP contribution in [0.5, 0.6) is 0 Å². The van der Waals surface area contributed by atoms with Gasteiger partial charge in [-0.1, -0.05) is 0 Å². The van der Waals surface area contributed by atoms with E-state index >= 15 is 0 Å². The standard InChI is InChI=1S/C10H17NO3/c1-10(2,9(13)14)6-8(12)11-7-4-3-5-7/h7H,3-6H2,1-2H3,(H,11,12)(H,13,14). The van der Waals surface area contributed by atoms with Gasteiger partial charge < -0.3 is 10.4 Å². The molecule has 4 nitrogen and oxygen atoms in total. The van der Waals surface area contributed by atoms with Crippen molar-refractivity contribution in [3.05, 3.63) is 0 Å². The van der Waals surface area contributed by atoms with Gasteiger partial charge in [-0.3, -0.25) is 9.59 Å². The molecule has 0 aliphatic heterocycles. The Morgan fingerprint density at radius 2 is 2.00 bits per heavy atom. The minimum Gasteiger partial charge on any atom is -0.481 e. The molecule has 1 fully saturated rings. The van der Waals surface area contributed by atoms with Crippen LogP contribution in [0.2, 0.25) is 0 Å². The van der Waals surface area contributed by atoms with Crippen LogP contribution >= 0.6 is 0 Å². The molecule has 0 aromatic heterocycles. The Balaban J connectivity index is 2.35. The smallest absolute Gasteiger partial charge is 0.309 e. The highest BCUT2D eigenvalue weighted by molar-refractivity contribution is 5.84. The molecule has 1 saturated carbocycles. The molecule has 1 amide bonds. The van der Waals surface area contributed by atoms with Crippen LogP contribution in [0.25, 0.3) is 0 Å². The third kappa shape index (κ3) is 2.72. The van der Waals surface area contributed by atoms with Crippen molar-refractivity contribution < 1.29 is 14.7 Å². The van der Waals surface area contributed by atoms with Gasteiger partial charge in [0, 0.05) is 12.5 Å². The molecule has 1 aliphatic carbocycles. The van der Waals surface area contributed by atoms with Gasteiger partial charge in [-0.15, -0.1) is 0 Å². The number of hydrogen-bond donors (Lipinski definition) is 2. The maximum atomic E-state index is 11.4. The van der Waals surface area contributed by atoms with Crippen molar-refractivity contribution in [2.24, 2.45) is 5.41 Å². The Kier molecular flexibility index (Phi) is 3.13. The van der Waals surface area contributed by atoms with Crippen molar-refractivity contribution in [1.82, 2.24) is 5.32 Å². The minimum atomic E-state index is -0.964. The molecule has 4 heteroatoms. The van der Waals surface area contributed by atoms with Gasteiger partial charge in [0.2, 0.25) is 5.91 Å². The Hall–Kier alpha value is -1.06. The zero-order valence-electron chi connectivity index (χ0n) is 8.67. The van der Waals surface area contributed by atoms with Gasteiger partial charge in [-0.25, -0.2) is 0 Å². The first kappa shape index (κ1) is 11.0. The first-order chi connectivity index (χ1) is 6.42. The van der Waals surface area contributed by atoms with E-state index in [0.29, 0.717) is 0 Å². The van der Waals surface area contributed by atoms with E-state index < -0.39 is 11.4 Å². The summed E-state index contributed by atoms with van der Waals surface area (Å²) in [5.41, 5.74) is -0.964. The van der Waals surface area contributed by atoms with Gasteiger partial charge in [0.25, 0.3) is 0 Å². The van der Waals surface area contributed by atoms with E-state index in [0.717, 1.165) is 19.3 Å². The van der Waals surface area contributed by atoms with Crippen molar-refractivity contribution in [2.75, 3.05) is 0 Å². The van der Waals surface area contributed by atoms with Crippen molar-refractivity contribution in [3.8, 4) is 0 Å². The number of nitrogens with one attached hydrogen (secondary N) is 1. The number of carboxylic acids is 1. The Bertz CT molecular complexity index is 244. The SMILES string of the molecule is CC(C)(CC(=O)NC1CCC1)C(=O)O. The summed E-state index contributed by atoms with van der Waals surface area (Å²) in [7, 11) is 0. The van der Waals surface area contributed by atoms with Crippen LogP contribution in [0.1, 0.15) is 39.5 Å². The maximum Gasteiger partial charge on any atom is 0.309 e. The minimum absolute atomic E-state index is 0.0544. The van der Waals surface area contributed by atoms with E-state index in [-0.39, 0.29) is 18.4 Å². The summed E-state index contributed by atoms with van der Waals surface area (Å²) in [6.07, 6.45) is 3.27. The highest BCUT2D eigenvalue weighted by atomic mass is 16.4. The van der Waals surface area contributed by atoms with E-state index in [1.165, 1.54) is 0 Å². The number of hydrogen-bond acceptors (Lipinski definition) is 2. The molecule has 80 valence electrons. The topological polar surface area (TPSA) is 66.4 Å². The molecule has 0 aromatic rings. The summed E-state index contributed by atoms with van der Waals surface area (Å²) >= 11 is 0. The fraction of sp³-hybridized carbons (Fsp3) is 0.800. The number of rotatable bonds is 4. The predicted molar refractivity (Wildman–Crippen MR) is 51.8 cm³/mol. The van der Waals surface area contributed by atoms with Crippen LogP contribution in [0.3, 0.4) is 0 Å².